The van der Waals surface area contributed by atoms with E-state index in [1.165, 1.54) is 0 Å². The van der Waals surface area contributed by atoms with Gasteiger partial charge in [0.05, 0.1) is 0 Å². The van der Waals surface area contributed by atoms with Crippen LogP contribution in [-0.4, -0.2) is 42.0 Å². The third kappa shape index (κ3) is 4.55. The maximum absolute atomic E-state index is 12.3. The van der Waals surface area contributed by atoms with Gasteiger partial charge in [-0.3, -0.25) is 4.79 Å². The number of rotatable bonds is 7. The second-order valence-electron chi connectivity index (χ2n) is 6.94. The quantitative estimate of drug-likeness (QED) is 0.716. The summed E-state index contributed by atoms with van der Waals surface area (Å²) in [5.74, 6) is -0.314. The molecule has 142 valence electrons. The summed E-state index contributed by atoms with van der Waals surface area (Å²) in [5.41, 5.74) is 3.69. The number of primary amides is 1. The maximum Gasteiger partial charge on any atom is 0.409 e. The van der Waals surface area contributed by atoms with Crippen LogP contribution in [0.15, 0.2) is 11.1 Å². The molecule has 0 bridgehead atoms. The highest BCUT2D eigenvalue weighted by Crippen LogP contribution is 2.20. The zero-order valence-electron chi connectivity index (χ0n) is 15.2. The van der Waals surface area contributed by atoms with Crippen LogP contribution in [0, 0.1) is 5.92 Å². The summed E-state index contributed by atoms with van der Waals surface area (Å²) < 4.78 is 7.30. The van der Waals surface area contributed by atoms with Crippen molar-refractivity contribution in [2.75, 3.05) is 0 Å². The van der Waals surface area contributed by atoms with E-state index < -0.39 is 23.3 Å². The normalized spacial score (nSPS) is 11.7. The first-order chi connectivity index (χ1) is 12.1. The Labute approximate surface area is 149 Å². The molecule has 2 rings (SSSR count). The number of ether oxygens (including phenoxy) is 1. The van der Waals surface area contributed by atoms with Crippen LogP contribution in [-0.2, 0) is 11.4 Å². The van der Waals surface area contributed by atoms with Crippen molar-refractivity contribution in [3.05, 3.63) is 22.5 Å². The van der Waals surface area contributed by atoms with Gasteiger partial charge in [0, 0.05) is 0 Å². The lowest BCUT2D eigenvalue weighted by Gasteiger charge is -2.26. The number of aromatic nitrogens is 5. The Hall–Kier alpha value is -2.98. The van der Waals surface area contributed by atoms with Crippen molar-refractivity contribution in [2.45, 2.75) is 52.8 Å². The maximum atomic E-state index is 12.3. The smallest absolute Gasteiger partial charge is 0.409 e. The number of imidazole rings is 1. The van der Waals surface area contributed by atoms with Crippen molar-refractivity contribution in [1.82, 2.24) is 29.7 Å². The molecule has 0 saturated heterocycles. The fraction of sp³-hybridized carbons (Fsp3) is 0.600. The zero-order valence-corrected chi connectivity index (χ0v) is 15.2. The predicted molar refractivity (Wildman–Crippen MR) is 91.3 cm³/mol. The number of alkyl carbamates (subject to hydrolysis) is 1. The van der Waals surface area contributed by atoms with Crippen LogP contribution in [0.5, 0.6) is 0 Å². The van der Waals surface area contributed by atoms with Crippen LogP contribution in [0.2, 0.25) is 0 Å². The summed E-state index contributed by atoms with van der Waals surface area (Å²) >= 11 is 0. The SMILES string of the molecule is CC(C)CCC(C)(C)OC(=O)NCn1nnc2c(C(N)=O)ncn2c1=O. The fourth-order valence-electron chi connectivity index (χ4n) is 2.22. The molecule has 0 aliphatic heterocycles. The van der Waals surface area contributed by atoms with E-state index in [4.69, 9.17) is 10.5 Å². The molecule has 0 radical (unpaired) electrons. The lowest BCUT2D eigenvalue weighted by molar-refractivity contribution is 0.0273. The van der Waals surface area contributed by atoms with Gasteiger partial charge in [0.25, 0.3) is 5.91 Å². The molecule has 0 aromatic carbocycles. The van der Waals surface area contributed by atoms with E-state index >= 15 is 0 Å². The Morgan fingerprint density at radius 2 is 2.08 bits per heavy atom. The van der Waals surface area contributed by atoms with Crippen LogP contribution in [0.4, 0.5) is 4.79 Å². The van der Waals surface area contributed by atoms with E-state index in [-0.39, 0.29) is 18.0 Å². The van der Waals surface area contributed by atoms with E-state index in [2.05, 4.69) is 34.5 Å². The molecular formula is C15H23N7O4. The molecule has 26 heavy (non-hydrogen) atoms. The number of hydrogen-bond donors (Lipinski definition) is 2. The van der Waals surface area contributed by atoms with Gasteiger partial charge < -0.3 is 15.8 Å². The molecule has 2 aromatic rings. The Morgan fingerprint density at radius 1 is 1.38 bits per heavy atom. The fourth-order valence-corrected chi connectivity index (χ4v) is 2.22. The summed E-state index contributed by atoms with van der Waals surface area (Å²) in [6.45, 7) is 7.59. The van der Waals surface area contributed by atoms with Gasteiger partial charge in [-0.25, -0.2) is 19.0 Å². The number of fused-ring (bicyclic) bond motifs is 1. The minimum Gasteiger partial charge on any atom is -0.444 e. The topological polar surface area (TPSA) is 146 Å². The van der Waals surface area contributed by atoms with Crippen LogP contribution in [0.3, 0.4) is 0 Å². The summed E-state index contributed by atoms with van der Waals surface area (Å²) in [6, 6.07) is 0. The van der Waals surface area contributed by atoms with Crippen LogP contribution < -0.4 is 16.7 Å². The van der Waals surface area contributed by atoms with Crippen molar-refractivity contribution in [1.29, 1.82) is 0 Å². The summed E-state index contributed by atoms with van der Waals surface area (Å²) in [6.07, 6.45) is 2.09. The highest BCUT2D eigenvalue weighted by atomic mass is 16.6. The molecule has 0 aliphatic carbocycles. The van der Waals surface area contributed by atoms with Crippen LogP contribution >= 0.6 is 0 Å². The van der Waals surface area contributed by atoms with Crippen molar-refractivity contribution >= 4 is 17.6 Å². The van der Waals surface area contributed by atoms with Crippen molar-refractivity contribution in [3.8, 4) is 0 Å². The van der Waals surface area contributed by atoms with Gasteiger partial charge in [0.2, 0.25) is 0 Å². The highest BCUT2D eigenvalue weighted by Gasteiger charge is 2.23. The number of nitrogens with zero attached hydrogens (tertiary/aromatic N) is 5. The van der Waals surface area contributed by atoms with Crippen molar-refractivity contribution in [3.63, 3.8) is 0 Å². The number of hydrogen-bond acceptors (Lipinski definition) is 7. The number of nitrogens with two attached hydrogens (primary N) is 1. The van der Waals surface area contributed by atoms with E-state index in [1.807, 2.05) is 13.8 Å². The largest absolute Gasteiger partial charge is 0.444 e. The Balaban J connectivity index is 2.03. The molecule has 0 aliphatic rings. The lowest BCUT2D eigenvalue weighted by atomic mass is 9.97. The second-order valence-corrected chi connectivity index (χ2v) is 6.94. The first-order valence-corrected chi connectivity index (χ1v) is 8.18. The van der Waals surface area contributed by atoms with E-state index in [1.54, 1.807) is 0 Å². The van der Waals surface area contributed by atoms with Gasteiger partial charge in [0.15, 0.2) is 11.3 Å². The first kappa shape index (κ1) is 19.3. The van der Waals surface area contributed by atoms with Gasteiger partial charge >= 0.3 is 11.8 Å². The number of carbonyl (C=O) groups excluding carboxylic acids is 2. The van der Waals surface area contributed by atoms with Gasteiger partial charge in [0.1, 0.15) is 18.6 Å². The molecule has 0 saturated carbocycles. The third-order valence-corrected chi connectivity index (χ3v) is 3.72. The second kappa shape index (κ2) is 7.50. The molecule has 0 atom stereocenters. The summed E-state index contributed by atoms with van der Waals surface area (Å²) in [5, 5.41) is 9.86. The Bertz CT molecular complexity index is 868. The Kier molecular flexibility index (Phi) is 5.58. The van der Waals surface area contributed by atoms with Gasteiger partial charge in [-0.2, -0.15) is 4.68 Å². The van der Waals surface area contributed by atoms with Crippen LogP contribution in [0.1, 0.15) is 51.0 Å². The molecule has 2 aromatic heterocycles. The number of carbonyl (C=O) groups is 2. The zero-order chi connectivity index (χ0) is 19.5. The Morgan fingerprint density at radius 3 is 2.69 bits per heavy atom. The summed E-state index contributed by atoms with van der Waals surface area (Å²) in [4.78, 5) is 39.2. The highest BCUT2D eigenvalue weighted by molar-refractivity contribution is 5.96. The monoisotopic (exact) mass is 365 g/mol. The van der Waals surface area contributed by atoms with E-state index in [0.717, 1.165) is 21.8 Å². The lowest BCUT2D eigenvalue weighted by Crippen LogP contribution is -2.40. The molecule has 2 heterocycles. The molecule has 0 fully saturated rings. The third-order valence-electron chi connectivity index (χ3n) is 3.72. The first-order valence-electron chi connectivity index (χ1n) is 8.18. The number of nitrogens with one attached hydrogen (secondary N) is 1. The molecular weight excluding hydrogens is 342 g/mol. The van der Waals surface area contributed by atoms with Crippen molar-refractivity contribution in [2.24, 2.45) is 11.7 Å². The van der Waals surface area contributed by atoms with Gasteiger partial charge in [-0.1, -0.05) is 19.1 Å². The molecule has 2 amide bonds. The standard InChI is InChI=1S/C15H23N7O4/c1-9(2)5-6-15(3,4)26-13(24)18-8-22-14(25)21-7-17-10(11(16)23)12(21)19-20-22/h7,9H,5-6,8H2,1-4H3,(H2,16,23)(H,18,24). The number of amides is 2. The minimum atomic E-state index is -0.815. The average molecular weight is 365 g/mol. The predicted octanol–water partition coefficient (Wildman–Crippen LogP) is 0.283. The summed E-state index contributed by atoms with van der Waals surface area (Å²) in [7, 11) is 0. The van der Waals surface area contributed by atoms with Crippen LogP contribution in [0.25, 0.3) is 5.65 Å². The molecule has 11 heteroatoms. The van der Waals surface area contributed by atoms with E-state index in [9.17, 15) is 14.4 Å². The van der Waals surface area contributed by atoms with Gasteiger partial charge in [-0.15, -0.1) is 5.10 Å². The molecule has 3 N–H and O–H groups in total. The average Bonchev–Trinajstić information content (AvgIpc) is 2.97. The molecule has 0 spiro atoms. The molecule has 11 nitrogen and oxygen atoms in total. The van der Waals surface area contributed by atoms with Crippen molar-refractivity contribution < 1.29 is 14.3 Å². The molecule has 0 unspecified atom stereocenters. The minimum absolute atomic E-state index is 0.0452. The van der Waals surface area contributed by atoms with E-state index in [0.29, 0.717) is 12.3 Å². The van der Waals surface area contributed by atoms with Gasteiger partial charge in [-0.05, 0) is 32.6 Å².